The predicted octanol–water partition coefficient (Wildman–Crippen LogP) is 6.06. The van der Waals surface area contributed by atoms with Crippen LogP contribution in [0.4, 0.5) is 5.69 Å². The van der Waals surface area contributed by atoms with Crippen molar-refractivity contribution in [3.05, 3.63) is 76.7 Å². The number of rotatable bonds is 4. The molecule has 0 spiro atoms. The molecule has 0 aliphatic carbocycles. The minimum Gasteiger partial charge on any atom is -0.496 e. The fourth-order valence-electron chi connectivity index (χ4n) is 2.94. The molecule has 0 atom stereocenters. The lowest BCUT2D eigenvalue weighted by Gasteiger charge is -2.11. The molecule has 2 aromatic heterocycles. The highest BCUT2D eigenvalue weighted by Gasteiger charge is 2.18. The Bertz CT molecular complexity index is 1170. The van der Waals surface area contributed by atoms with E-state index < -0.39 is 0 Å². The molecular formula is C21H14Cl2N2O3. The maximum atomic E-state index is 12.8. The van der Waals surface area contributed by atoms with Gasteiger partial charge in [0, 0.05) is 28.7 Å². The number of aromatic nitrogens is 1. The zero-order valence-corrected chi connectivity index (χ0v) is 16.2. The molecule has 4 aromatic rings. The lowest BCUT2D eigenvalue weighted by Crippen LogP contribution is -2.13. The third-order valence-electron chi connectivity index (χ3n) is 4.31. The number of hydrogen-bond donors (Lipinski definition) is 1. The van der Waals surface area contributed by atoms with Crippen molar-refractivity contribution in [3.8, 4) is 17.1 Å². The summed E-state index contributed by atoms with van der Waals surface area (Å²) in [5.74, 6) is 0.855. The van der Waals surface area contributed by atoms with Gasteiger partial charge in [-0.1, -0.05) is 47.5 Å². The van der Waals surface area contributed by atoms with E-state index in [9.17, 15) is 4.79 Å². The van der Waals surface area contributed by atoms with E-state index >= 15 is 0 Å². The van der Waals surface area contributed by atoms with Crippen molar-refractivity contribution in [2.45, 2.75) is 0 Å². The molecule has 7 heteroatoms. The first-order chi connectivity index (χ1) is 13.6. The van der Waals surface area contributed by atoms with Gasteiger partial charge in [0.25, 0.3) is 5.91 Å². The molecule has 2 heterocycles. The summed E-state index contributed by atoms with van der Waals surface area (Å²) in [5.41, 5.74) is 1.38. The van der Waals surface area contributed by atoms with Crippen LogP contribution in [0.3, 0.4) is 0 Å². The summed E-state index contributed by atoms with van der Waals surface area (Å²) in [6.45, 7) is 0. The van der Waals surface area contributed by atoms with Gasteiger partial charge >= 0.3 is 0 Å². The number of ether oxygens (including phenoxy) is 1. The summed E-state index contributed by atoms with van der Waals surface area (Å²) in [4.78, 5) is 16.7. The van der Waals surface area contributed by atoms with E-state index in [1.54, 1.807) is 31.6 Å². The van der Waals surface area contributed by atoms with E-state index in [-0.39, 0.29) is 16.0 Å². The molecule has 0 fully saturated rings. The van der Waals surface area contributed by atoms with Crippen molar-refractivity contribution in [2.75, 3.05) is 12.4 Å². The van der Waals surface area contributed by atoms with E-state index in [4.69, 9.17) is 32.4 Å². The van der Waals surface area contributed by atoms with E-state index in [2.05, 4.69) is 10.3 Å². The summed E-state index contributed by atoms with van der Waals surface area (Å²) in [6.07, 6.45) is 4.50. The molecule has 0 saturated carbocycles. The van der Waals surface area contributed by atoms with Crippen LogP contribution in [0.5, 0.6) is 5.75 Å². The smallest absolute Gasteiger partial charge is 0.255 e. The highest BCUT2D eigenvalue weighted by Crippen LogP contribution is 2.37. The van der Waals surface area contributed by atoms with Crippen LogP contribution in [0, 0.1) is 0 Å². The van der Waals surface area contributed by atoms with Crippen molar-refractivity contribution in [2.24, 2.45) is 0 Å². The summed E-state index contributed by atoms with van der Waals surface area (Å²) in [7, 11) is 1.57. The van der Waals surface area contributed by atoms with Gasteiger partial charge in [-0.05, 0) is 18.2 Å². The number of halogens is 2. The summed E-state index contributed by atoms with van der Waals surface area (Å²) >= 11 is 12.2. The Morgan fingerprint density at radius 2 is 1.86 bits per heavy atom. The van der Waals surface area contributed by atoms with Crippen LogP contribution in [0.2, 0.25) is 10.0 Å². The SMILES string of the molecule is COc1ccc(C(=O)Nc2c(Cl)cncc2Cl)cc1-c1occ2ccccc12. The Hall–Kier alpha value is -3.02. The number of furan rings is 1. The molecule has 0 bridgehead atoms. The lowest BCUT2D eigenvalue weighted by atomic mass is 10.0. The van der Waals surface area contributed by atoms with E-state index in [0.29, 0.717) is 28.3 Å². The number of pyridine rings is 1. The Labute approximate surface area is 170 Å². The van der Waals surface area contributed by atoms with Crippen molar-refractivity contribution < 1.29 is 13.9 Å². The number of benzene rings is 2. The topological polar surface area (TPSA) is 64.4 Å². The minimum absolute atomic E-state index is 0.256. The van der Waals surface area contributed by atoms with Gasteiger partial charge in [-0.3, -0.25) is 9.78 Å². The zero-order chi connectivity index (χ0) is 19.7. The van der Waals surface area contributed by atoms with E-state index in [1.807, 2.05) is 24.3 Å². The Morgan fingerprint density at radius 1 is 1.11 bits per heavy atom. The number of carbonyl (C=O) groups excluding carboxylic acids is 1. The van der Waals surface area contributed by atoms with Gasteiger partial charge in [-0.25, -0.2) is 0 Å². The number of methoxy groups -OCH3 is 1. The third kappa shape index (κ3) is 3.30. The van der Waals surface area contributed by atoms with Crippen LogP contribution in [0.25, 0.3) is 22.1 Å². The number of hydrogen-bond acceptors (Lipinski definition) is 4. The monoisotopic (exact) mass is 412 g/mol. The van der Waals surface area contributed by atoms with Gasteiger partial charge < -0.3 is 14.5 Å². The van der Waals surface area contributed by atoms with Crippen LogP contribution in [-0.2, 0) is 0 Å². The molecule has 1 N–H and O–H groups in total. The average Bonchev–Trinajstić information content (AvgIpc) is 3.14. The minimum atomic E-state index is -0.366. The fraction of sp³-hybridized carbons (Fsp3) is 0.0476. The molecule has 0 aliphatic heterocycles. The number of nitrogens with zero attached hydrogens (tertiary/aromatic N) is 1. The molecule has 140 valence electrons. The quantitative estimate of drug-likeness (QED) is 0.442. The predicted molar refractivity (Wildman–Crippen MR) is 110 cm³/mol. The van der Waals surface area contributed by atoms with Crippen LogP contribution in [0.15, 0.2) is 65.5 Å². The van der Waals surface area contributed by atoms with E-state index in [1.165, 1.54) is 12.4 Å². The number of amides is 1. The Balaban J connectivity index is 1.76. The third-order valence-corrected chi connectivity index (χ3v) is 4.88. The van der Waals surface area contributed by atoms with Gasteiger partial charge in [-0.15, -0.1) is 0 Å². The maximum absolute atomic E-state index is 12.8. The molecule has 0 unspecified atom stereocenters. The van der Waals surface area contributed by atoms with Crippen LogP contribution >= 0.6 is 23.2 Å². The summed E-state index contributed by atoms with van der Waals surface area (Å²) < 4.78 is 11.2. The molecule has 0 radical (unpaired) electrons. The normalized spacial score (nSPS) is 10.8. The molecule has 5 nitrogen and oxygen atoms in total. The maximum Gasteiger partial charge on any atom is 0.255 e. The molecule has 0 saturated heterocycles. The fourth-order valence-corrected chi connectivity index (χ4v) is 3.40. The van der Waals surface area contributed by atoms with Gasteiger partial charge in [-0.2, -0.15) is 0 Å². The molecule has 1 amide bonds. The summed E-state index contributed by atoms with van der Waals surface area (Å²) in [6, 6.07) is 12.9. The highest BCUT2D eigenvalue weighted by atomic mass is 35.5. The lowest BCUT2D eigenvalue weighted by molar-refractivity contribution is 0.102. The average molecular weight is 413 g/mol. The summed E-state index contributed by atoms with van der Waals surface area (Å²) in [5, 5.41) is 5.13. The van der Waals surface area contributed by atoms with Gasteiger partial charge in [0.15, 0.2) is 0 Å². The van der Waals surface area contributed by atoms with Crippen molar-refractivity contribution in [1.82, 2.24) is 4.98 Å². The molecule has 28 heavy (non-hydrogen) atoms. The molecule has 0 aliphatic rings. The van der Waals surface area contributed by atoms with Gasteiger partial charge in [0.1, 0.15) is 11.5 Å². The molecular weight excluding hydrogens is 399 g/mol. The second kappa shape index (κ2) is 7.54. The number of anilines is 1. The second-order valence-corrected chi connectivity index (χ2v) is 6.81. The van der Waals surface area contributed by atoms with Crippen molar-refractivity contribution in [1.29, 1.82) is 0 Å². The van der Waals surface area contributed by atoms with Crippen molar-refractivity contribution >= 4 is 45.6 Å². The Kier molecular flexibility index (Phi) is 4.94. The van der Waals surface area contributed by atoms with Gasteiger partial charge in [0.2, 0.25) is 0 Å². The van der Waals surface area contributed by atoms with Gasteiger partial charge in [0.05, 0.1) is 34.7 Å². The first kappa shape index (κ1) is 18.3. The first-order valence-electron chi connectivity index (χ1n) is 8.33. The number of carbonyl (C=O) groups is 1. The Morgan fingerprint density at radius 3 is 2.61 bits per heavy atom. The molecule has 4 rings (SSSR count). The first-order valence-corrected chi connectivity index (χ1v) is 9.09. The van der Waals surface area contributed by atoms with Crippen LogP contribution in [-0.4, -0.2) is 18.0 Å². The largest absolute Gasteiger partial charge is 0.496 e. The second-order valence-electron chi connectivity index (χ2n) is 6.00. The highest BCUT2D eigenvalue weighted by molar-refractivity contribution is 6.39. The van der Waals surface area contributed by atoms with E-state index in [0.717, 1.165) is 10.8 Å². The standard InChI is InChI=1S/C21H14Cl2N2O3/c1-27-18-7-6-12(21(26)25-19-16(22)9-24-10-17(19)23)8-15(18)20-14-5-3-2-4-13(14)11-28-20/h2-11H,1H3,(H,24,25,26). The van der Waals surface area contributed by atoms with Crippen LogP contribution < -0.4 is 10.1 Å². The zero-order valence-electron chi connectivity index (χ0n) is 14.7. The number of fused-ring (bicyclic) bond motifs is 1. The number of nitrogens with one attached hydrogen (secondary N) is 1. The van der Waals surface area contributed by atoms with Crippen molar-refractivity contribution in [3.63, 3.8) is 0 Å². The van der Waals surface area contributed by atoms with Crippen LogP contribution in [0.1, 0.15) is 10.4 Å². The molecule has 2 aromatic carbocycles.